The summed E-state index contributed by atoms with van der Waals surface area (Å²) in [6, 6.07) is 3.95. The number of imidazole rings is 1. The molecule has 0 bridgehead atoms. The molecule has 1 aromatic heterocycles. The van der Waals surface area contributed by atoms with Gasteiger partial charge in [0, 0.05) is 18.8 Å². The number of hydrogen-bond acceptors (Lipinski definition) is 3. The number of aromatic nitrogens is 2. The van der Waals surface area contributed by atoms with Crippen LogP contribution in [0.3, 0.4) is 0 Å². The zero-order valence-electron chi connectivity index (χ0n) is 14.4. The highest BCUT2D eigenvalue weighted by molar-refractivity contribution is 6.31. The standard InChI is InChI=1S/C18H20ClFN4O2/c1-2-8-21-18(26)16-23-15(14-5-3-4-9-24(14)16)17(25)22-11-6-7-13(20)12(19)10-11/h6-7,10H,2-5,8-9H2,1H3,(H,21,26)(H,22,25). The summed E-state index contributed by atoms with van der Waals surface area (Å²) in [6.45, 7) is 3.18. The molecule has 1 aliphatic rings. The van der Waals surface area contributed by atoms with E-state index in [0.29, 0.717) is 25.2 Å². The maximum atomic E-state index is 13.3. The molecular formula is C18H20ClFN4O2. The first-order valence-corrected chi connectivity index (χ1v) is 9.03. The summed E-state index contributed by atoms with van der Waals surface area (Å²) in [5, 5.41) is 5.40. The summed E-state index contributed by atoms with van der Waals surface area (Å²) in [5.41, 5.74) is 1.35. The van der Waals surface area contributed by atoms with Gasteiger partial charge in [0.15, 0.2) is 11.5 Å². The van der Waals surface area contributed by atoms with Crippen molar-refractivity contribution in [1.82, 2.24) is 14.9 Å². The SMILES string of the molecule is CCCNC(=O)c1nc(C(=O)Nc2ccc(F)c(Cl)c2)c2n1CCCC2. The molecule has 0 atom stereocenters. The molecule has 138 valence electrons. The van der Waals surface area contributed by atoms with E-state index in [-0.39, 0.29) is 22.4 Å². The summed E-state index contributed by atoms with van der Waals surface area (Å²) in [6.07, 6.45) is 3.37. The highest BCUT2D eigenvalue weighted by Gasteiger charge is 2.27. The molecule has 0 unspecified atom stereocenters. The first-order chi connectivity index (χ1) is 12.5. The van der Waals surface area contributed by atoms with E-state index >= 15 is 0 Å². The molecule has 2 aromatic rings. The molecular weight excluding hydrogens is 359 g/mol. The van der Waals surface area contributed by atoms with Crippen molar-refractivity contribution < 1.29 is 14.0 Å². The lowest BCUT2D eigenvalue weighted by Gasteiger charge is -2.17. The molecule has 1 aromatic carbocycles. The smallest absolute Gasteiger partial charge is 0.287 e. The van der Waals surface area contributed by atoms with Gasteiger partial charge in [-0.15, -0.1) is 0 Å². The first-order valence-electron chi connectivity index (χ1n) is 8.65. The van der Waals surface area contributed by atoms with Gasteiger partial charge in [0.25, 0.3) is 11.8 Å². The van der Waals surface area contributed by atoms with Crippen LogP contribution in [0.25, 0.3) is 0 Å². The Labute approximate surface area is 155 Å². The van der Waals surface area contributed by atoms with Gasteiger partial charge in [0.05, 0.1) is 10.7 Å². The number of benzene rings is 1. The predicted octanol–water partition coefficient (Wildman–Crippen LogP) is 3.40. The summed E-state index contributed by atoms with van der Waals surface area (Å²) >= 11 is 5.75. The van der Waals surface area contributed by atoms with Gasteiger partial charge in [0.2, 0.25) is 0 Å². The number of anilines is 1. The monoisotopic (exact) mass is 378 g/mol. The lowest BCUT2D eigenvalue weighted by Crippen LogP contribution is -2.28. The van der Waals surface area contributed by atoms with Crippen LogP contribution in [0.5, 0.6) is 0 Å². The van der Waals surface area contributed by atoms with Crippen LogP contribution in [0.1, 0.15) is 53.0 Å². The maximum Gasteiger partial charge on any atom is 0.287 e. The van der Waals surface area contributed by atoms with Crippen LogP contribution < -0.4 is 10.6 Å². The third-order valence-electron chi connectivity index (χ3n) is 4.25. The van der Waals surface area contributed by atoms with Crippen LogP contribution in [0, 0.1) is 5.82 Å². The number of halogens is 2. The molecule has 1 aliphatic heterocycles. The van der Waals surface area contributed by atoms with Crippen molar-refractivity contribution in [2.24, 2.45) is 0 Å². The fourth-order valence-electron chi connectivity index (χ4n) is 2.98. The Morgan fingerprint density at radius 1 is 1.31 bits per heavy atom. The van der Waals surface area contributed by atoms with Gasteiger partial charge in [-0.1, -0.05) is 18.5 Å². The second-order valence-corrected chi connectivity index (χ2v) is 6.59. The lowest BCUT2D eigenvalue weighted by atomic mass is 10.1. The van der Waals surface area contributed by atoms with Gasteiger partial charge in [-0.2, -0.15) is 0 Å². The number of carbonyl (C=O) groups excluding carboxylic acids is 2. The number of carbonyl (C=O) groups is 2. The number of nitrogens with one attached hydrogen (secondary N) is 2. The van der Waals surface area contributed by atoms with Gasteiger partial charge >= 0.3 is 0 Å². The number of fused-ring (bicyclic) bond motifs is 1. The average molecular weight is 379 g/mol. The molecule has 26 heavy (non-hydrogen) atoms. The van der Waals surface area contributed by atoms with E-state index in [1.165, 1.54) is 18.2 Å². The molecule has 0 saturated heterocycles. The van der Waals surface area contributed by atoms with Crippen LogP contribution in [-0.4, -0.2) is 27.9 Å². The molecule has 0 radical (unpaired) electrons. The van der Waals surface area contributed by atoms with Crippen molar-refractivity contribution in [3.63, 3.8) is 0 Å². The second-order valence-electron chi connectivity index (χ2n) is 6.18. The van der Waals surface area contributed by atoms with E-state index in [1.807, 2.05) is 11.5 Å². The van der Waals surface area contributed by atoms with Crippen molar-refractivity contribution in [1.29, 1.82) is 0 Å². The van der Waals surface area contributed by atoms with Crippen molar-refractivity contribution >= 4 is 29.1 Å². The largest absolute Gasteiger partial charge is 0.349 e. The van der Waals surface area contributed by atoms with E-state index < -0.39 is 11.7 Å². The molecule has 0 spiro atoms. The number of amides is 2. The minimum Gasteiger partial charge on any atom is -0.349 e. The number of rotatable bonds is 5. The third kappa shape index (κ3) is 3.72. The quantitative estimate of drug-likeness (QED) is 0.837. The fraction of sp³-hybridized carbons (Fsp3) is 0.389. The molecule has 6 nitrogen and oxygen atoms in total. The van der Waals surface area contributed by atoms with E-state index in [1.54, 1.807) is 0 Å². The van der Waals surface area contributed by atoms with Crippen LogP contribution in [0.15, 0.2) is 18.2 Å². The predicted molar refractivity (Wildman–Crippen MR) is 97.2 cm³/mol. The normalized spacial score (nSPS) is 13.2. The number of hydrogen-bond donors (Lipinski definition) is 2. The van der Waals surface area contributed by atoms with Gasteiger partial charge in [-0.25, -0.2) is 9.37 Å². The van der Waals surface area contributed by atoms with Gasteiger partial charge in [-0.05, 0) is 43.9 Å². The lowest BCUT2D eigenvalue weighted by molar-refractivity contribution is 0.0937. The Morgan fingerprint density at radius 2 is 2.12 bits per heavy atom. The van der Waals surface area contributed by atoms with E-state index in [4.69, 9.17) is 11.6 Å². The minimum absolute atomic E-state index is 0.0747. The summed E-state index contributed by atoms with van der Waals surface area (Å²) in [5.74, 6) is -1.01. The highest BCUT2D eigenvalue weighted by atomic mass is 35.5. The van der Waals surface area contributed by atoms with Gasteiger partial charge in [-0.3, -0.25) is 9.59 Å². The Balaban J connectivity index is 1.88. The minimum atomic E-state index is -0.557. The van der Waals surface area contributed by atoms with Crippen LogP contribution in [-0.2, 0) is 13.0 Å². The fourth-order valence-corrected chi connectivity index (χ4v) is 3.16. The van der Waals surface area contributed by atoms with Gasteiger partial charge in [0.1, 0.15) is 5.82 Å². The first kappa shape index (κ1) is 18.4. The maximum absolute atomic E-state index is 13.3. The molecule has 2 heterocycles. The zero-order chi connectivity index (χ0) is 18.7. The summed E-state index contributed by atoms with van der Waals surface area (Å²) in [4.78, 5) is 29.4. The zero-order valence-corrected chi connectivity index (χ0v) is 15.2. The van der Waals surface area contributed by atoms with Crippen molar-refractivity contribution in [2.45, 2.75) is 39.2 Å². The van der Waals surface area contributed by atoms with Crippen LogP contribution >= 0.6 is 11.6 Å². The molecule has 0 saturated carbocycles. The molecule has 0 fully saturated rings. The molecule has 3 rings (SSSR count). The van der Waals surface area contributed by atoms with Crippen molar-refractivity contribution in [3.8, 4) is 0 Å². The van der Waals surface area contributed by atoms with E-state index in [9.17, 15) is 14.0 Å². The molecule has 2 amide bonds. The topological polar surface area (TPSA) is 76.0 Å². The van der Waals surface area contributed by atoms with Gasteiger partial charge < -0.3 is 15.2 Å². The summed E-state index contributed by atoms with van der Waals surface area (Å²) in [7, 11) is 0. The van der Waals surface area contributed by atoms with Crippen molar-refractivity contribution in [3.05, 3.63) is 46.3 Å². The van der Waals surface area contributed by atoms with Crippen LogP contribution in [0.4, 0.5) is 10.1 Å². The van der Waals surface area contributed by atoms with Crippen LogP contribution in [0.2, 0.25) is 5.02 Å². The molecule has 8 heteroatoms. The Kier molecular flexibility index (Phi) is 5.56. The highest BCUT2D eigenvalue weighted by Crippen LogP contribution is 2.24. The average Bonchev–Trinajstić information content (AvgIpc) is 3.03. The van der Waals surface area contributed by atoms with E-state index in [0.717, 1.165) is 25.0 Å². The third-order valence-corrected chi connectivity index (χ3v) is 4.54. The second kappa shape index (κ2) is 7.86. The number of nitrogens with zero attached hydrogens (tertiary/aromatic N) is 2. The molecule has 0 aliphatic carbocycles. The Morgan fingerprint density at radius 3 is 2.85 bits per heavy atom. The summed E-state index contributed by atoms with van der Waals surface area (Å²) < 4.78 is 15.1. The van der Waals surface area contributed by atoms with Crippen molar-refractivity contribution in [2.75, 3.05) is 11.9 Å². The van der Waals surface area contributed by atoms with E-state index in [2.05, 4.69) is 15.6 Å². The molecule has 2 N–H and O–H groups in total. The Hall–Kier alpha value is -2.41. The Bertz CT molecular complexity index is 850.